The first-order valence-electron chi connectivity index (χ1n) is 5.20. The average molecular weight is 302 g/mol. The molecular weight excluding hydrogens is 288 g/mol. The van der Waals surface area contributed by atoms with Gasteiger partial charge in [0.25, 0.3) is 0 Å². The van der Waals surface area contributed by atoms with Crippen molar-refractivity contribution in [2.24, 2.45) is 5.73 Å². The number of carbonyl (C=O) groups excluding carboxylic acids is 1. The van der Waals surface area contributed by atoms with Gasteiger partial charge in [-0.1, -0.05) is 0 Å². The highest BCUT2D eigenvalue weighted by atomic mass is 32.2. The standard InChI is InChI=1S/C10H14N4O5S/c1-18-8-5-6(9(11)12)3-4-7(8)13-20(16,17)14-10(15)19-2/h3-5,13H,1-2H3,(H3,11,12)(H,14,15). The minimum Gasteiger partial charge on any atom is -0.495 e. The monoisotopic (exact) mass is 302 g/mol. The number of nitrogens with two attached hydrogens (primary N) is 1. The number of hydrogen-bond acceptors (Lipinski definition) is 6. The number of amidine groups is 1. The van der Waals surface area contributed by atoms with Gasteiger partial charge in [-0.2, -0.15) is 8.42 Å². The van der Waals surface area contributed by atoms with Crippen molar-refractivity contribution < 1.29 is 22.7 Å². The van der Waals surface area contributed by atoms with E-state index in [1.54, 1.807) is 4.72 Å². The molecule has 1 aromatic carbocycles. The van der Waals surface area contributed by atoms with Crippen molar-refractivity contribution in [3.05, 3.63) is 23.8 Å². The van der Waals surface area contributed by atoms with Gasteiger partial charge in [-0.25, -0.2) is 9.52 Å². The van der Waals surface area contributed by atoms with Crippen LogP contribution in [0, 0.1) is 5.41 Å². The van der Waals surface area contributed by atoms with E-state index in [9.17, 15) is 13.2 Å². The number of ether oxygens (including phenoxy) is 2. The molecule has 1 amide bonds. The van der Waals surface area contributed by atoms with E-state index in [-0.39, 0.29) is 17.3 Å². The van der Waals surface area contributed by atoms with Gasteiger partial charge in [0, 0.05) is 5.56 Å². The van der Waals surface area contributed by atoms with Crippen molar-refractivity contribution in [3.8, 4) is 5.75 Å². The first-order valence-corrected chi connectivity index (χ1v) is 6.68. The topological polar surface area (TPSA) is 144 Å². The van der Waals surface area contributed by atoms with E-state index in [2.05, 4.69) is 9.46 Å². The fourth-order valence-corrected chi connectivity index (χ4v) is 2.08. The summed E-state index contributed by atoms with van der Waals surface area (Å²) in [6.45, 7) is 0. The number of amides is 1. The Labute approximate surface area is 115 Å². The maximum atomic E-state index is 11.6. The number of hydrogen-bond donors (Lipinski definition) is 4. The van der Waals surface area contributed by atoms with Gasteiger partial charge in [-0.3, -0.25) is 10.1 Å². The predicted octanol–water partition coefficient (Wildman–Crippen LogP) is -0.00803. The molecule has 0 radical (unpaired) electrons. The van der Waals surface area contributed by atoms with E-state index in [0.717, 1.165) is 7.11 Å². The van der Waals surface area contributed by atoms with Crippen LogP contribution in [0.2, 0.25) is 0 Å². The lowest BCUT2D eigenvalue weighted by atomic mass is 10.2. The summed E-state index contributed by atoms with van der Waals surface area (Å²) in [5.41, 5.74) is 5.76. The molecule has 0 saturated heterocycles. The minimum absolute atomic E-state index is 0.0777. The van der Waals surface area contributed by atoms with E-state index in [1.807, 2.05) is 0 Å². The lowest BCUT2D eigenvalue weighted by Crippen LogP contribution is -2.35. The molecule has 0 saturated carbocycles. The van der Waals surface area contributed by atoms with Crippen LogP contribution in [0.5, 0.6) is 5.75 Å². The smallest absolute Gasteiger partial charge is 0.422 e. The van der Waals surface area contributed by atoms with Gasteiger partial charge in [0.2, 0.25) is 0 Å². The van der Waals surface area contributed by atoms with Crippen LogP contribution in [-0.2, 0) is 14.9 Å². The van der Waals surface area contributed by atoms with Gasteiger partial charge in [0.1, 0.15) is 11.6 Å². The molecule has 10 heteroatoms. The summed E-state index contributed by atoms with van der Waals surface area (Å²) in [4.78, 5) is 10.9. The largest absolute Gasteiger partial charge is 0.495 e. The van der Waals surface area contributed by atoms with Crippen molar-refractivity contribution in [2.45, 2.75) is 0 Å². The summed E-state index contributed by atoms with van der Waals surface area (Å²) in [6.07, 6.45) is -1.13. The van der Waals surface area contributed by atoms with Gasteiger partial charge in [0.05, 0.1) is 19.9 Å². The molecule has 1 rings (SSSR count). The lowest BCUT2D eigenvalue weighted by Gasteiger charge is -2.13. The van der Waals surface area contributed by atoms with Crippen LogP contribution in [0.15, 0.2) is 18.2 Å². The van der Waals surface area contributed by atoms with Crippen molar-refractivity contribution in [2.75, 3.05) is 18.9 Å². The van der Waals surface area contributed by atoms with Crippen LogP contribution in [0.4, 0.5) is 10.5 Å². The number of nitrogen functional groups attached to an aromatic ring is 1. The van der Waals surface area contributed by atoms with E-state index < -0.39 is 16.3 Å². The number of nitrogens with one attached hydrogen (secondary N) is 3. The molecular formula is C10H14N4O5S. The Morgan fingerprint density at radius 3 is 2.50 bits per heavy atom. The van der Waals surface area contributed by atoms with Crippen molar-refractivity contribution in [1.29, 1.82) is 5.41 Å². The molecule has 0 spiro atoms. The molecule has 1 aromatic rings. The first kappa shape index (κ1) is 15.6. The summed E-state index contributed by atoms with van der Waals surface area (Å²) in [6, 6.07) is 4.17. The highest BCUT2D eigenvalue weighted by molar-refractivity contribution is 7.91. The Morgan fingerprint density at radius 2 is 2.00 bits per heavy atom. The van der Waals surface area contributed by atoms with Crippen LogP contribution in [0.3, 0.4) is 0 Å². The summed E-state index contributed by atoms with van der Waals surface area (Å²) in [5, 5.41) is 7.28. The van der Waals surface area contributed by atoms with Crippen LogP contribution < -0.4 is 19.9 Å². The molecule has 110 valence electrons. The first-order chi connectivity index (χ1) is 9.29. The fourth-order valence-electron chi connectivity index (χ4n) is 1.26. The molecule has 0 aliphatic rings. The molecule has 5 N–H and O–H groups in total. The zero-order chi connectivity index (χ0) is 15.3. The molecule has 0 heterocycles. The second-order valence-corrected chi connectivity index (χ2v) is 4.94. The van der Waals surface area contributed by atoms with Crippen LogP contribution in [0.25, 0.3) is 0 Å². The number of methoxy groups -OCH3 is 2. The second kappa shape index (κ2) is 6.10. The molecule has 0 aliphatic carbocycles. The summed E-state index contributed by atoms with van der Waals surface area (Å²) < 4.78 is 36.1. The highest BCUT2D eigenvalue weighted by Crippen LogP contribution is 2.26. The zero-order valence-electron chi connectivity index (χ0n) is 10.8. The molecule has 0 unspecified atom stereocenters. The minimum atomic E-state index is -4.15. The maximum Gasteiger partial charge on any atom is 0.422 e. The van der Waals surface area contributed by atoms with Crippen LogP contribution in [-0.4, -0.2) is 34.6 Å². The Balaban J connectivity index is 3.03. The van der Waals surface area contributed by atoms with Gasteiger partial charge < -0.3 is 15.2 Å². The number of benzene rings is 1. The molecule has 0 aromatic heterocycles. The van der Waals surface area contributed by atoms with Crippen molar-refractivity contribution >= 4 is 27.8 Å². The van der Waals surface area contributed by atoms with Crippen molar-refractivity contribution in [1.82, 2.24) is 4.72 Å². The van der Waals surface area contributed by atoms with E-state index in [1.165, 1.54) is 25.3 Å². The highest BCUT2D eigenvalue weighted by Gasteiger charge is 2.17. The average Bonchev–Trinajstić information content (AvgIpc) is 2.37. The SMILES string of the molecule is COC(=O)NS(=O)(=O)Nc1ccc(C(=N)N)cc1OC. The third-order valence-corrected chi connectivity index (χ3v) is 3.08. The Morgan fingerprint density at radius 1 is 1.35 bits per heavy atom. The van der Waals surface area contributed by atoms with Crippen LogP contribution in [0.1, 0.15) is 5.56 Å². The molecule has 0 bridgehead atoms. The molecule has 0 fully saturated rings. The zero-order valence-corrected chi connectivity index (χ0v) is 11.6. The third-order valence-electron chi connectivity index (χ3n) is 2.16. The normalized spacial score (nSPS) is 10.5. The molecule has 0 atom stereocenters. The molecule has 0 aliphatic heterocycles. The number of carbonyl (C=O) groups is 1. The van der Waals surface area contributed by atoms with Gasteiger partial charge in [0.15, 0.2) is 0 Å². The quantitative estimate of drug-likeness (QED) is 0.445. The second-order valence-electron chi connectivity index (χ2n) is 3.53. The Hall–Kier alpha value is -2.49. The number of anilines is 1. The van der Waals surface area contributed by atoms with E-state index in [0.29, 0.717) is 5.56 Å². The number of rotatable bonds is 5. The molecule has 9 nitrogen and oxygen atoms in total. The van der Waals surface area contributed by atoms with E-state index in [4.69, 9.17) is 15.9 Å². The predicted molar refractivity (Wildman–Crippen MR) is 72.1 cm³/mol. The van der Waals surface area contributed by atoms with Crippen LogP contribution >= 0.6 is 0 Å². The van der Waals surface area contributed by atoms with Crippen molar-refractivity contribution in [3.63, 3.8) is 0 Å². The summed E-state index contributed by atoms with van der Waals surface area (Å²) >= 11 is 0. The van der Waals surface area contributed by atoms with Gasteiger partial charge in [-0.15, -0.1) is 0 Å². The Bertz CT molecular complexity index is 629. The summed E-state index contributed by atoms with van der Waals surface area (Å²) in [7, 11) is -1.79. The Kier molecular flexibility index (Phi) is 4.75. The third kappa shape index (κ3) is 4.02. The van der Waals surface area contributed by atoms with Gasteiger partial charge >= 0.3 is 16.3 Å². The molecule has 20 heavy (non-hydrogen) atoms. The fraction of sp³-hybridized carbons (Fsp3) is 0.200. The van der Waals surface area contributed by atoms with Gasteiger partial charge in [-0.05, 0) is 18.2 Å². The summed E-state index contributed by atoms with van der Waals surface area (Å²) in [5.74, 6) is -0.0432. The van der Waals surface area contributed by atoms with E-state index >= 15 is 0 Å². The lowest BCUT2D eigenvalue weighted by molar-refractivity contribution is 0.177. The maximum absolute atomic E-state index is 11.6.